The van der Waals surface area contributed by atoms with E-state index in [-0.39, 0.29) is 6.04 Å². The third-order valence-corrected chi connectivity index (χ3v) is 4.72. The smallest absolute Gasteiger partial charge is 0.106 e. The summed E-state index contributed by atoms with van der Waals surface area (Å²) in [5, 5.41) is 14.7. The molecule has 20 heavy (non-hydrogen) atoms. The van der Waals surface area contributed by atoms with Crippen molar-refractivity contribution < 1.29 is 5.11 Å². The molecule has 0 fully saturated rings. The van der Waals surface area contributed by atoms with Gasteiger partial charge in [0, 0.05) is 16.7 Å². The summed E-state index contributed by atoms with van der Waals surface area (Å²) in [7, 11) is 0. The summed E-state index contributed by atoms with van der Waals surface area (Å²) in [5.74, 6) is 0.611. The van der Waals surface area contributed by atoms with Crippen LogP contribution in [-0.4, -0.2) is 20.6 Å². The quantitative estimate of drug-likeness (QED) is 0.810. The lowest BCUT2D eigenvalue weighted by Gasteiger charge is -2.16. The molecule has 1 N–H and O–H groups in total. The first-order valence-electron chi connectivity index (χ1n) is 6.59. The molecule has 0 radical (unpaired) electrons. The molecule has 0 saturated carbocycles. The van der Waals surface area contributed by atoms with Crippen LogP contribution in [0.3, 0.4) is 0 Å². The molecule has 1 heterocycles. The lowest BCUT2D eigenvalue weighted by Crippen LogP contribution is -2.13. The van der Waals surface area contributed by atoms with Gasteiger partial charge in [0.05, 0.1) is 16.4 Å². The first kappa shape index (κ1) is 15.6. The van der Waals surface area contributed by atoms with E-state index in [4.69, 9.17) is 0 Å². The van der Waals surface area contributed by atoms with Gasteiger partial charge in [-0.2, -0.15) is 5.10 Å². The fourth-order valence-corrected chi connectivity index (χ4v) is 3.34. The molecule has 0 aliphatic rings. The van der Waals surface area contributed by atoms with Crippen LogP contribution < -0.4 is 0 Å². The standard InChI is InChI=1S/C15H19BrN2OS/c1-10(2)18-15(13(16)8-17-18)14(19)9-20-12-6-4-11(3)5-7-12/h4-8,10,14,19H,9H2,1-3H3. The maximum atomic E-state index is 10.4. The second-order valence-corrected chi connectivity index (χ2v) is 7.00. The van der Waals surface area contributed by atoms with Gasteiger partial charge < -0.3 is 5.11 Å². The summed E-state index contributed by atoms with van der Waals surface area (Å²) in [6.07, 6.45) is 1.20. The Bertz CT molecular complexity index is 566. The van der Waals surface area contributed by atoms with Crippen LogP contribution in [0.5, 0.6) is 0 Å². The number of nitrogens with zero attached hydrogens (tertiary/aromatic N) is 2. The highest BCUT2D eigenvalue weighted by atomic mass is 79.9. The summed E-state index contributed by atoms with van der Waals surface area (Å²) >= 11 is 5.12. The van der Waals surface area contributed by atoms with E-state index in [9.17, 15) is 5.11 Å². The Morgan fingerprint density at radius 1 is 1.30 bits per heavy atom. The molecular formula is C15H19BrN2OS. The number of aliphatic hydroxyl groups excluding tert-OH is 1. The topological polar surface area (TPSA) is 38.1 Å². The zero-order chi connectivity index (χ0) is 14.7. The van der Waals surface area contributed by atoms with Crippen molar-refractivity contribution in [2.75, 3.05) is 5.75 Å². The van der Waals surface area contributed by atoms with Gasteiger partial charge in [-0.1, -0.05) is 17.7 Å². The van der Waals surface area contributed by atoms with Gasteiger partial charge in [-0.05, 0) is 48.8 Å². The van der Waals surface area contributed by atoms with Crippen molar-refractivity contribution >= 4 is 27.7 Å². The minimum absolute atomic E-state index is 0.232. The third-order valence-electron chi connectivity index (χ3n) is 3.02. The van der Waals surface area contributed by atoms with Gasteiger partial charge in [0.2, 0.25) is 0 Å². The second kappa shape index (κ2) is 6.78. The van der Waals surface area contributed by atoms with Crippen LogP contribution in [0.2, 0.25) is 0 Å². The van der Waals surface area contributed by atoms with Gasteiger partial charge in [-0.3, -0.25) is 4.68 Å². The fraction of sp³-hybridized carbons (Fsp3) is 0.400. The molecule has 1 unspecified atom stereocenters. The number of rotatable bonds is 5. The fourth-order valence-electron chi connectivity index (χ4n) is 1.96. The Balaban J connectivity index is 2.07. The van der Waals surface area contributed by atoms with E-state index in [0.717, 1.165) is 10.2 Å². The number of hydrogen-bond donors (Lipinski definition) is 1. The van der Waals surface area contributed by atoms with Crippen molar-refractivity contribution in [2.45, 2.75) is 37.8 Å². The molecule has 1 atom stereocenters. The molecule has 0 aliphatic heterocycles. The molecule has 1 aromatic carbocycles. The SMILES string of the molecule is Cc1ccc(SCC(O)c2c(Br)cnn2C(C)C)cc1. The number of aromatic nitrogens is 2. The van der Waals surface area contributed by atoms with E-state index < -0.39 is 6.10 Å². The normalized spacial score (nSPS) is 12.9. The Hall–Kier alpha value is -0.780. The first-order valence-corrected chi connectivity index (χ1v) is 8.37. The van der Waals surface area contributed by atoms with Crippen molar-refractivity contribution in [3.05, 3.63) is 46.2 Å². The predicted molar refractivity (Wildman–Crippen MR) is 87.2 cm³/mol. The van der Waals surface area contributed by atoms with Crippen LogP contribution >= 0.6 is 27.7 Å². The molecule has 0 saturated heterocycles. The summed E-state index contributed by atoms with van der Waals surface area (Å²) in [4.78, 5) is 1.17. The van der Waals surface area contributed by atoms with Crippen molar-refractivity contribution in [2.24, 2.45) is 0 Å². The van der Waals surface area contributed by atoms with E-state index in [1.165, 1.54) is 10.5 Å². The number of thioether (sulfide) groups is 1. The molecule has 2 aromatic rings. The summed E-state index contributed by atoms with van der Waals surface area (Å²) in [6, 6.07) is 8.57. The number of benzene rings is 1. The van der Waals surface area contributed by atoms with Crippen molar-refractivity contribution in [1.29, 1.82) is 0 Å². The Labute approximate surface area is 132 Å². The molecule has 0 amide bonds. The van der Waals surface area contributed by atoms with Crippen LogP contribution in [0.15, 0.2) is 39.8 Å². The van der Waals surface area contributed by atoms with Crippen LogP contribution in [-0.2, 0) is 0 Å². The number of aryl methyl sites for hydroxylation is 1. The summed E-state index contributed by atoms with van der Waals surface area (Å²) in [5.41, 5.74) is 2.09. The average Bonchev–Trinajstić information content (AvgIpc) is 2.80. The van der Waals surface area contributed by atoms with Crippen LogP contribution in [0.1, 0.15) is 37.3 Å². The molecule has 0 aliphatic carbocycles. The minimum atomic E-state index is -0.541. The zero-order valence-corrected chi connectivity index (χ0v) is 14.3. The van der Waals surface area contributed by atoms with Crippen LogP contribution in [0.25, 0.3) is 0 Å². The van der Waals surface area contributed by atoms with E-state index >= 15 is 0 Å². The van der Waals surface area contributed by atoms with E-state index in [0.29, 0.717) is 5.75 Å². The number of halogens is 1. The first-order chi connectivity index (χ1) is 9.49. The molecule has 3 nitrogen and oxygen atoms in total. The van der Waals surface area contributed by atoms with Crippen LogP contribution in [0.4, 0.5) is 0 Å². The minimum Gasteiger partial charge on any atom is -0.386 e. The molecule has 1 aromatic heterocycles. The molecule has 5 heteroatoms. The summed E-state index contributed by atoms with van der Waals surface area (Å²) < 4.78 is 2.73. The van der Waals surface area contributed by atoms with Crippen molar-refractivity contribution in [3.8, 4) is 0 Å². The van der Waals surface area contributed by atoms with Gasteiger partial charge in [-0.25, -0.2) is 0 Å². The highest BCUT2D eigenvalue weighted by Crippen LogP contribution is 2.30. The van der Waals surface area contributed by atoms with Gasteiger partial charge in [0.1, 0.15) is 6.10 Å². The highest BCUT2D eigenvalue weighted by Gasteiger charge is 2.19. The molecule has 0 spiro atoms. The average molecular weight is 355 g/mol. The van der Waals surface area contributed by atoms with Gasteiger partial charge >= 0.3 is 0 Å². The predicted octanol–water partition coefficient (Wildman–Crippen LogP) is 4.36. The van der Waals surface area contributed by atoms with Gasteiger partial charge in [-0.15, -0.1) is 11.8 Å². The highest BCUT2D eigenvalue weighted by molar-refractivity contribution is 9.10. The maximum absolute atomic E-state index is 10.4. The molecule has 108 valence electrons. The van der Waals surface area contributed by atoms with E-state index in [2.05, 4.69) is 66.1 Å². The number of hydrogen-bond acceptors (Lipinski definition) is 3. The summed E-state index contributed by atoms with van der Waals surface area (Å²) in [6.45, 7) is 6.19. The van der Waals surface area contributed by atoms with E-state index in [1.54, 1.807) is 18.0 Å². The maximum Gasteiger partial charge on any atom is 0.106 e. The monoisotopic (exact) mass is 354 g/mol. The lowest BCUT2D eigenvalue weighted by atomic mass is 10.2. The van der Waals surface area contributed by atoms with Gasteiger partial charge in [0.15, 0.2) is 0 Å². The molecular weight excluding hydrogens is 336 g/mol. The van der Waals surface area contributed by atoms with Crippen molar-refractivity contribution in [1.82, 2.24) is 9.78 Å². The molecule has 2 rings (SSSR count). The zero-order valence-electron chi connectivity index (χ0n) is 11.9. The third kappa shape index (κ3) is 3.65. The van der Waals surface area contributed by atoms with Crippen LogP contribution in [0, 0.1) is 6.92 Å². The van der Waals surface area contributed by atoms with E-state index in [1.807, 2.05) is 4.68 Å². The largest absolute Gasteiger partial charge is 0.386 e. The van der Waals surface area contributed by atoms with Gasteiger partial charge in [0.25, 0.3) is 0 Å². The Kier molecular flexibility index (Phi) is 5.29. The Morgan fingerprint density at radius 2 is 1.95 bits per heavy atom. The second-order valence-electron chi connectivity index (χ2n) is 5.06. The lowest BCUT2D eigenvalue weighted by molar-refractivity contribution is 0.188. The Morgan fingerprint density at radius 3 is 2.55 bits per heavy atom. The number of aliphatic hydroxyl groups is 1. The molecule has 0 bridgehead atoms. The van der Waals surface area contributed by atoms with Crippen molar-refractivity contribution in [3.63, 3.8) is 0 Å².